The highest BCUT2D eigenvalue weighted by Crippen LogP contribution is 2.29. The van der Waals surface area contributed by atoms with Crippen LogP contribution in [0.2, 0.25) is 0 Å². The summed E-state index contributed by atoms with van der Waals surface area (Å²) in [6, 6.07) is 5.62. The summed E-state index contributed by atoms with van der Waals surface area (Å²) in [6.07, 6.45) is 9.03. The topological polar surface area (TPSA) is 12.0 Å². The van der Waals surface area contributed by atoms with Gasteiger partial charge in [-0.15, -0.1) is 0 Å². The van der Waals surface area contributed by atoms with Crippen LogP contribution in [-0.2, 0) is 6.42 Å². The standard InChI is InChI=1S/C16H23BrFN/c1-19-16(7-6-12-4-2-3-5-12)10-13-8-14(17)11-15(18)9-13/h8-9,11-12,16,19H,2-7,10H2,1H3. The van der Waals surface area contributed by atoms with Gasteiger partial charge in [0.15, 0.2) is 0 Å². The molecule has 0 radical (unpaired) electrons. The lowest BCUT2D eigenvalue weighted by Crippen LogP contribution is -2.28. The molecule has 0 saturated heterocycles. The van der Waals surface area contributed by atoms with E-state index in [9.17, 15) is 4.39 Å². The van der Waals surface area contributed by atoms with E-state index in [1.54, 1.807) is 6.07 Å². The maximum absolute atomic E-state index is 13.4. The molecule has 0 bridgehead atoms. The van der Waals surface area contributed by atoms with E-state index in [0.717, 1.165) is 22.4 Å². The maximum Gasteiger partial charge on any atom is 0.124 e. The third-order valence-corrected chi connectivity index (χ3v) is 4.67. The van der Waals surface area contributed by atoms with Gasteiger partial charge in [0.25, 0.3) is 0 Å². The van der Waals surface area contributed by atoms with Crippen molar-refractivity contribution >= 4 is 15.9 Å². The summed E-state index contributed by atoms with van der Waals surface area (Å²) in [5.41, 5.74) is 1.07. The van der Waals surface area contributed by atoms with Gasteiger partial charge in [-0.05, 0) is 56.0 Å². The SMILES string of the molecule is CNC(CCC1CCCC1)Cc1cc(F)cc(Br)c1. The summed E-state index contributed by atoms with van der Waals surface area (Å²) >= 11 is 3.36. The molecule has 1 unspecified atom stereocenters. The molecule has 106 valence electrons. The Hall–Kier alpha value is -0.410. The van der Waals surface area contributed by atoms with Crippen LogP contribution in [0.15, 0.2) is 22.7 Å². The Morgan fingerprint density at radius 2 is 2.05 bits per heavy atom. The number of rotatable bonds is 6. The first-order valence-corrected chi connectivity index (χ1v) is 8.09. The quantitative estimate of drug-likeness (QED) is 0.799. The molecule has 0 spiro atoms. The lowest BCUT2D eigenvalue weighted by atomic mass is 9.95. The predicted molar refractivity (Wildman–Crippen MR) is 81.8 cm³/mol. The minimum atomic E-state index is -0.157. The van der Waals surface area contributed by atoms with E-state index in [1.165, 1.54) is 44.6 Å². The first kappa shape index (κ1) is 15.0. The zero-order chi connectivity index (χ0) is 13.7. The van der Waals surface area contributed by atoms with Crippen LogP contribution in [-0.4, -0.2) is 13.1 Å². The Bertz CT molecular complexity index is 381. The van der Waals surface area contributed by atoms with Crippen LogP contribution >= 0.6 is 15.9 Å². The van der Waals surface area contributed by atoms with Gasteiger partial charge in [-0.1, -0.05) is 41.6 Å². The highest BCUT2D eigenvalue weighted by molar-refractivity contribution is 9.10. The number of benzene rings is 1. The third-order valence-electron chi connectivity index (χ3n) is 4.21. The maximum atomic E-state index is 13.4. The highest BCUT2D eigenvalue weighted by atomic mass is 79.9. The molecular weight excluding hydrogens is 305 g/mol. The molecule has 1 N–H and O–H groups in total. The smallest absolute Gasteiger partial charge is 0.124 e. The summed E-state index contributed by atoms with van der Waals surface area (Å²) in [5, 5.41) is 3.38. The Kier molecular flexibility index (Phi) is 5.83. The normalized spacial score (nSPS) is 17.8. The van der Waals surface area contributed by atoms with Gasteiger partial charge in [0.2, 0.25) is 0 Å². The van der Waals surface area contributed by atoms with Gasteiger partial charge in [0, 0.05) is 10.5 Å². The molecule has 1 aromatic carbocycles. The first-order chi connectivity index (χ1) is 9.17. The molecule has 1 nitrogen and oxygen atoms in total. The molecule has 1 aromatic rings. The molecule has 1 saturated carbocycles. The van der Waals surface area contributed by atoms with Crippen molar-refractivity contribution in [2.75, 3.05) is 7.05 Å². The fourth-order valence-electron chi connectivity index (χ4n) is 3.10. The van der Waals surface area contributed by atoms with Crippen LogP contribution in [0.3, 0.4) is 0 Å². The number of nitrogens with one attached hydrogen (secondary N) is 1. The fourth-order valence-corrected chi connectivity index (χ4v) is 3.61. The average Bonchev–Trinajstić information content (AvgIpc) is 2.86. The molecule has 1 fully saturated rings. The molecule has 0 aliphatic heterocycles. The van der Waals surface area contributed by atoms with Crippen molar-refractivity contribution in [2.24, 2.45) is 5.92 Å². The summed E-state index contributed by atoms with van der Waals surface area (Å²) in [6.45, 7) is 0. The third kappa shape index (κ3) is 4.88. The van der Waals surface area contributed by atoms with Gasteiger partial charge < -0.3 is 5.32 Å². The van der Waals surface area contributed by atoms with E-state index < -0.39 is 0 Å². The van der Waals surface area contributed by atoms with Crippen molar-refractivity contribution in [1.29, 1.82) is 0 Å². The molecule has 1 aliphatic rings. The van der Waals surface area contributed by atoms with Crippen LogP contribution in [0.1, 0.15) is 44.1 Å². The van der Waals surface area contributed by atoms with Crippen LogP contribution in [0.4, 0.5) is 4.39 Å². The first-order valence-electron chi connectivity index (χ1n) is 7.29. The van der Waals surface area contributed by atoms with Gasteiger partial charge in [0.05, 0.1) is 0 Å². The van der Waals surface area contributed by atoms with Crippen molar-refractivity contribution in [3.8, 4) is 0 Å². The van der Waals surface area contributed by atoms with Crippen molar-refractivity contribution in [3.63, 3.8) is 0 Å². The Morgan fingerprint density at radius 3 is 2.68 bits per heavy atom. The van der Waals surface area contributed by atoms with Gasteiger partial charge in [-0.25, -0.2) is 4.39 Å². The second-order valence-corrected chi connectivity index (χ2v) is 6.61. The Labute approximate surface area is 124 Å². The van der Waals surface area contributed by atoms with E-state index in [1.807, 2.05) is 13.1 Å². The van der Waals surface area contributed by atoms with Gasteiger partial charge >= 0.3 is 0 Å². The fraction of sp³-hybridized carbons (Fsp3) is 0.625. The minimum Gasteiger partial charge on any atom is -0.317 e. The van der Waals surface area contributed by atoms with E-state index in [2.05, 4.69) is 21.2 Å². The monoisotopic (exact) mass is 327 g/mol. The van der Waals surface area contributed by atoms with Gasteiger partial charge in [-0.2, -0.15) is 0 Å². The molecular formula is C16H23BrFN. The highest BCUT2D eigenvalue weighted by Gasteiger charge is 2.17. The molecule has 1 atom stereocenters. The molecule has 0 heterocycles. The van der Waals surface area contributed by atoms with Crippen molar-refractivity contribution in [3.05, 3.63) is 34.1 Å². The summed E-state index contributed by atoms with van der Waals surface area (Å²) in [4.78, 5) is 0. The Morgan fingerprint density at radius 1 is 1.32 bits per heavy atom. The van der Waals surface area contributed by atoms with Gasteiger partial charge in [-0.3, -0.25) is 0 Å². The minimum absolute atomic E-state index is 0.157. The Balaban J connectivity index is 1.86. The van der Waals surface area contributed by atoms with Crippen LogP contribution in [0.25, 0.3) is 0 Å². The molecule has 0 amide bonds. The largest absolute Gasteiger partial charge is 0.317 e. The second-order valence-electron chi connectivity index (χ2n) is 5.70. The summed E-state index contributed by atoms with van der Waals surface area (Å²) in [5.74, 6) is 0.769. The average molecular weight is 328 g/mol. The second kappa shape index (κ2) is 7.39. The van der Waals surface area contributed by atoms with E-state index >= 15 is 0 Å². The van der Waals surface area contributed by atoms with E-state index in [0.29, 0.717) is 6.04 Å². The zero-order valence-corrected chi connectivity index (χ0v) is 13.2. The number of halogens is 2. The van der Waals surface area contributed by atoms with Crippen molar-refractivity contribution in [1.82, 2.24) is 5.32 Å². The van der Waals surface area contributed by atoms with Gasteiger partial charge in [0.1, 0.15) is 5.82 Å². The number of hydrogen-bond acceptors (Lipinski definition) is 1. The number of likely N-dealkylation sites (N-methyl/N-ethyl adjacent to an activating group) is 1. The molecule has 3 heteroatoms. The number of hydrogen-bond donors (Lipinski definition) is 1. The lowest BCUT2D eigenvalue weighted by Gasteiger charge is -2.18. The lowest BCUT2D eigenvalue weighted by molar-refractivity contribution is 0.418. The van der Waals surface area contributed by atoms with E-state index in [4.69, 9.17) is 0 Å². The molecule has 1 aliphatic carbocycles. The summed E-state index contributed by atoms with van der Waals surface area (Å²) < 4.78 is 14.2. The van der Waals surface area contributed by atoms with Crippen LogP contribution < -0.4 is 5.32 Å². The van der Waals surface area contributed by atoms with Crippen molar-refractivity contribution < 1.29 is 4.39 Å². The molecule has 0 aromatic heterocycles. The molecule has 19 heavy (non-hydrogen) atoms. The summed E-state index contributed by atoms with van der Waals surface area (Å²) in [7, 11) is 2.01. The van der Waals surface area contributed by atoms with E-state index in [-0.39, 0.29) is 5.82 Å². The zero-order valence-electron chi connectivity index (χ0n) is 11.6. The molecule has 2 rings (SSSR count). The predicted octanol–water partition coefficient (Wildman–Crippen LogP) is 4.69. The van der Waals surface area contributed by atoms with Crippen molar-refractivity contribution in [2.45, 2.75) is 51.0 Å². The van der Waals surface area contributed by atoms with Crippen LogP contribution in [0, 0.1) is 11.7 Å². The van der Waals surface area contributed by atoms with Crippen LogP contribution in [0.5, 0.6) is 0 Å².